The summed E-state index contributed by atoms with van der Waals surface area (Å²) in [6.07, 6.45) is 5.34. The van der Waals surface area contributed by atoms with Crippen molar-refractivity contribution >= 4 is 53.0 Å². The van der Waals surface area contributed by atoms with Crippen LogP contribution in [0.15, 0.2) is 22.5 Å². The van der Waals surface area contributed by atoms with Gasteiger partial charge in [0.2, 0.25) is 0 Å². The van der Waals surface area contributed by atoms with Crippen LogP contribution >= 0.6 is 47.1 Å². The van der Waals surface area contributed by atoms with E-state index in [1.165, 1.54) is 49.4 Å². The van der Waals surface area contributed by atoms with E-state index in [1.807, 2.05) is 18.4 Å². The molecule has 0 amide bonds. The van der Waals surface area contributed by atoms with Crippen molar-refractivity contribution in [3.05, 3.63) is 22.4 Å². The number of aliphatic imine (C=N–C) groups is 1. The minimum atomic E-state index is 0. The Labute approximate surface area is 177 Å². The molecule has 0 aliphatic carbocycles. The fraction of sp³-hybridized carbons (Fsp3) is 0.722. The lowest BCUT2D eigenvalue weighted by Crippen LogP contribution is -2.45. The average Bonchev–Trinajstić information content (AvgIpc) is 3.29. The number of guanidine groups is 1. The highest BCUT2D eigenvalue weighted by Gasteiger charge is 2.21. The second-order valence-corrected chi connectivity index (χ2v) is 9.23. The van der Waals surface area contributed by atoms with Crippen LogP contribution in [0.5, 0.6) is 0 Å². The average molecular weight is 495 g/mol. The van der Waals surface area contributed by atoms with Crippen LogP contribution in [0.25, 0.3) is 0 Å². The van der Waals surface area contributed by atoms with Gasteiger partial charge in [-0.05, 0) is 55.3 Å². The first-order chi connectivity index (χ1) is 11.8. The minimum Gasteiger partial charge on any atom is -0.356 e. The smallest absolute Gasteiger partial charge is 0.191 e. The van der Waals surface area contributed by atoms with Gasteiger partial charge in [0, 0.05) is 43.4 Å². The fourth-order valence-corrected chi connectivity index (χ4v) is 5.51. The molecule has 0 aromatic carbocycles. The van der Waals surface area contributed by atoms with Crippen LogP contribution in [0.2, 0.25) is 0 Å². The molecule has 25 heavy (non-hydrogen) atoms. The number of thioether (sulfide) groups is 1. The molecular weight excluding hydrogens is 463 g/mol. The zero-order valence-electron chi connectivity index (χ0n) is 15.1. The lowest BCUT2D eigenvalue weighted by Gasteiger charge is -2.32. The van der Waals surface area contributed by atoms with E-state index in [0.717, 1.165) is 36.8 Å². The summed E-state index contributed by atoms with van der Waals surface area (Å²) in [5, 5.41) is 9.99. The highest BCUT2D eigenvalue weighted by atomic mass is 127. The number of nitrogens with zero attached hydrogens (tertiary/aromatic N) is 2. The second kappa shape index (κ2) is 11.7. The first kappa shape index (κ1) is 21.3. The Morgan fingerprint density at radius 2 is 2.16 bits per heavy atom. The number of nitrogens with one attached hydrogen (secondary N) is 2. The molecule has 0 spiro atoms. The van der Waals surface area contributed by atoms with E-state index in [9.17, 15) is 0 Å². The molecular formula is C18H31IN4S2. The first-order valence-electron chi connectivity index (χ1n) is 9.14. The number of piperidine rings is 1. The Morgan fingerprint density at radius 3 is 2.88 bits per heavy atom. The van der Waals surface area contributed by atoms with Gasteiger partial charge in [0.05, 0.1) is 0 Å². The lowest BCUT2D eigenvalue weighted by atomic mass is 9.98. The minimum absolute atomic E-state index is 0. The summed E-state index contributed by atoms with van der Waals surface area (Å²) in [5.74, 6) is 3.01. The molecule has 0 bridgehead atoms. The van der Waals surface area contributed by atoms with Gasteiger partial charge in [-0.1, -0.05) is 6.07 Å². The SMILES string of the molecule is CN=C(NCC1CCCN(Cc2cccs2)C1)NCC1CCCS1.I. The van der Waals surface area contributed by atoms with Gasteiger partial charge in [-0.25, -0.2) is 0 Å². The second-order valence-electron chi connectivity index (χ2n) is 6.79. The molecule has 1 aromatic heterocycles. The summed E-state index contributed by atoms with van der Waals surface area (Å²) in [6.45, 7) is 5.61. The molecule has 142 valence electrons. The molecule has 2 fully saturated rings. The molecule has 2 saturated heterocycles. The van der Waals surface area contributed by atoms with E-state index in [0.29, 0.717) is 0 Å². The van der Waals surface area contributed by atoms with Gasteiger partial charge in [0.1, 0.15) is 0 Å². The molecule has 3 rings (SSSR count). The van der Waals surface area contributed by atoms with Crippen molar-refractivity contribution in [3.63, 3.8) is 0 Å². The first-order valence-corrected chi connectivity index (χ1v) is 11.1. The molecule has 2 aliphatic heterocycles. The standard InChI is InChI=1S/C18H30N4S2.HI/c1-19-18(21-12-16-6-3-9-23-16)20-11-15-5-2-8-22(13-15)14-17-7-4-10-24-17;/h4,7,10,15-16H,2-3,5-6,8-9,11-14H2,1H3,(H2,19,20,21);1H. The Bertz CT molecular complexity index is 503. The Hall–Kier alpha value is 0.01000. The highest BCUT2D eigenvalue weighted by molar-refractivity contribution is 14.0. The molecule has 2 atom stereocenters. The molecule has 1 aromatic rings. The fourth-order valence-electron chi connectivity index (χ4n) is 3.56. The lowest BCUT2D eigenvalue weighted by molar-refractivity contribution is 0.169. The Morgan fingerprint density at radius 1 is 1.28 bits per heavy atom. The maximum Gasteiger partial charge on any atom is 0.191 e. The van der Waals surface area contributed by atoms with Crippen molar-refractivity contribution < 1.29 is 0 Å². The number of halogens is 1. The van der Waals surface area contributed by atoms with Crippen LogP contribution in [0.3, 0.4) is 0 Å². The Kier molecular flexibility index (Phi) is 9.95. The zero-order valence-corrected chi connectivity index (χ0v) is 19.0. The third kappa shape index (κ3) is 7.27. The van der Waals surface area contributed by atoms with Crippen LogP contribution in [-0.4, -0.2) is 55.1 Å². The van der Waals surface area contributed by atoms with Crippen LogP contribution in [0, 0.1) is 5.92 Å². The van der Waals surface area contributed by atoms with Crippen molar-refractivity contribution in [1.29, 1.82) is 0 Å². The summed E-state index contributed by atoms with van der Waals surface area (Å²) < 4.78 is 0. The predicted molar refractivity (Wildman–Crippen MR) is 123 cm³/mol. The van der Waals surface area contributed by atoms with Crippen molar-refractivity contribution in [3.8, 4) is 0 Å². The number of rotatable bonds is 6. The molecule has 7 heteroatoms. The maximum atomic E-state index is 4.39. The van der Waals surface area contributed by atoms with Crippen molar-refractivity contribution in [2.24, 2.45) is 10.9 Å². The van der Waals surface area contributed by atoms with Gasteiger partial charge in [-0.2, -0.15) is 11.8 Å². The van der Waals surface area contributed by atoms with Gasteiger partial charge in [0.25, 0.3) is 0 Å². The van der Waals surface area contributed by atoms with E-state index in [-0.39, 0.29) is 24.0 Å². The number of likely N-dealkylation sites (tertiary alicyclic amines) is 1. The molecule has 0 radical (unpaired) electrons. The van der Waals surface area contributed by atoms with Crippen molar-refractivity contribution in [2.75, 3.05) is 39.0 Å². The predicted octanol–water partition coefficient (Wildman–Crippen LogP) is 3.64. The van der Waals surface area contributed by atoms with Crippen molar-refractivity contribution in [1.82, 2.24) is 15.5 Å². The number of hydrogen-bond acceptors (Lipinski definition) is 4. The maximum absolute atomic E-state index is 4.39. The van der Waals surface area contributed by atoms with E-state index in [2.05, 4.69) is 49.8 Å². The zero-order chi connectivity index (χ0) is 16.6. The van der Waals surface area contributed by atoms with E-state index >= 15 is 0 Å². The summed E-state index contributed by atoms with van der Waals surface area (Å²) in [5.41, 5.74) is 0. The molecule has 4 nitrogen and oxygen atoms in total. The third-order valence-corrected chi connectivity index (χ3v) is 7.12. The van der Waals surface area contributed by atoms with E-state index in [4.69, 9.17) is 0 Å². The van der Waals surface area contributed by atoms with Crippen molar-refractivity contribution in [2.45, 2.75) is 37.5 Å². The van der Waals surface area contributed by atoms with Gasteiger partial charge in [-0.15, -0.1) is 35.3 Å². The van der Waals surface area contributed by atoms with Crippen LogP contribution in [-0.2, 0) is 6.54 Å². The molecule has 0 saturated carbocycles. The molecule has 2 aliphatic rings. The van der Waals surface area contributed by atoms with Gasteiger partial charge in [-0.3, -0.25) is 9.89 Å². The summed E-state index contributed by atoms with van der Waals surface area (Å²) >= 11 is 3.96. The third-order valence-electron chi connectivity index (χ3n) is 4.87. The highest BCUT2D eigenvalue weighted by Crippen LogP contribution is 2.25. The van der Waals surface area contributed by atoms with Gasteiger partial charge >= 0.3 is 0 Å². The van der Waals surface area contributed by atoms with Gasteiger partial charge < -0.3 is 10.6 Å². The largest absolute Gasteiger partial charge is 0.356 e. The molecule has 2 unspecified atom stereocenters. The summed E-state index contributed by atoms with van der Waals surface area (Å²) in [6, 6.07) is 4.40. The normalized spacial score (nSPS) is 24.8. The van der Waals surface area contributed by atoms with E-state index < -0.39 is 0 Å². The summed E-state index contributed by atoms with van der Waals surface area (Å²) in [4.78, 5) is 8.47. The van der Waals surface area contributed by atoms with Crippen LogP contribution in [0.4, 0.5) is 0 Å². The molecule has 2 N–H and O–H groups in total. The van der Waals surface area contributed by atoms with Crippen LogP contribution < -0.4 is 10.6 Å². The summed E-state index contributed by atoms with van der Waals surface area (Å²) in [7, 11) is 1.88. The number of thiophene rings is 1. The molecule has 3 heterocycles. The number of hydrogen-bond donors (Lipinski definition) is 2. The van der Waals surface area contributed by atoms with Gasteiger partial charge in [0.15, 0.2) is 5.96 Å². The Balaban J connectivity index is 0.00000225. The van der Waals surface area contributed by atoms with E-state index in [1.54, 1.807) is 0 Å². The monoisotopic (exact) mass is 494 g/mol. The quantitative estimate of drug-likeness (QED) is 0.360. The topological polar surface area (TPSA) is 39.7 Å². The van der Waals surface area contributed by atoms with Crippen LogP contribution in [0.1, 0.15) is 30.6 Å².